The number of sulfonamides is 1. The highest BCUT2D eigenvalue weighted by Crippen LogP contribution is 2.24. The Kier molecular flexibility index (Phi) is 6.99. The number of halogens is 2. The van der Waals surface area contributed by atoms with Gasteiger partial charge in [0.2, 0.25) is 0 Å². The molecule has 0 unspecified atom stereocenters. The molecule has 0 radical (unpaired) electrons. The van der Waals surface area contributed by atoms with E-state index in [1.54, 1.807) is 19.1 Å². The average Bonchev–Trinajstić information content (AvgIpc) is 2.77. The van der Waals surface area contributed by atoms with Crippen LogP contribution in [0.2, 0.25) is 0 Å². The van der Waals surface area contributed by atoms with Crippen LogP contribution in [-0.2, 0) is 14.8 Å². The van der Waals surface area contributed by atoms with E-state index in [1.807, 2.05) is 6.92 Å². The molecule has 0 fully saturated rings. The van der Waals surface area contributed by atoms with E-state index < -0.39 is 34.1 Å². The lowest BCUT2D eigenvalue weighted by atomic mass is 10.1. The first kappa shape index (κ1) is 23.1. The van der Waals surface area contributed by atoms with Crippen molar-refractivity contribution in [3.8, 4) is 0 Å². The summed E-state index contributed by atoms with van der Waals surface area (Å²) >= 11 is 0. The summed E-state index contributed by atoms with van der Waals surface area (Å²) in [5, 5.41) is 3.96. The molecule has 0 saturated carbocycles. The molecule has 32 heavy (non-hydrogen) atoms. The Hall–Kier alpha value is -3.59. The van der Waals surface area contributed by atoms with Gasteiger partial charge in [0.25, 0.3) is 15.9 Å². The molecule has 0 heterocycles. The van der Waals surface area contributed by atoms with Gasteiger partial charge in [-0.25, -0.2) is 22.6 Å². The van der Waals surface area contributed by atoms with E-state index in [9.17, 15) is 22.0 Å². The number of carbonyl (C=O) groups excluding carboxylic acids is 1. The fraction of sp³-hybridized carbons (Fsp3) is 0.130. The van der Waals surface area contributed by atoms with Gasteiger partial charge in [-0.05, 0) is 67.9 Å². The maximum Gasteiger partial charge on any atom is 0.264 e. The number of hydrazone groups is 1. The molecule has 3 aromatic rings. The van der Waals surface area contributed by atoms with Crippen molar-refractivity contribution in [2.24, 2.45) is 5.10 Å². The summed E-state index contributed by atoms with van der Waals surface area (Å²) in [5.41, 5.74) is 4.32. The zero-order valence-corrected chi connectivity index (χ0v) is 18.2. The van der Waals surface area contributed by atoms with Gasteiger partial charge in [0.1, 0.15) is 18.2 Å². The summed E-state index contributed by atoms with van der Waals surface area (Å²) in [7, 11) is -4.11. The average molecular weight is 458 g/mol. The molecule has 0 aliphatic carbocycles. The Morgan fingerprint density at radius 3 is 2.00 bits per heavy atom. The quantitative estimate of drug-likeness (QED) is 0.430. The van der Waals surface area contributed by atoms with Crippen LogP contribution in [0.15, 0.2) is 82.8 Å². The van der Waals surface area contributed by atoms with Crippen LogP contribution >= 0.6 is 0 Å². The number of nitrogens with zero attached hydrogens (tertiary/aromatic N) is 2. The molecule has 0 bridgehead atoms. The second kappa shape index (κ2) is 9.69. The van der Waals surface area contributed by atoms with E-state index in [4.69, 9.17) is 0 Å². The van der Waals surface area contributed by atoms with Crippen molar-refractivity contribution in [3.05, 3.63) is 95.6 Å². The monoisotopic (exact) mass is 457 g/mol. The van der Waals surface area contributed by atoms with Crippen molar-refractivity contribution in [2.45, 2.75) is 18.7 Å². The lowest BCUT2D eigenvalue weighted by Gasteiger charge is -2.23. The van der Waals surface area contributed by atoms with E-state index >= 15 is 0 Å². The predicted octanol–water partition coefficient (Wildman–Crippen LogP) is 4.01. The summed E-state index contributed by atoms with van der Waals surface area (Å²) < 4.78 is 53.8. The molecule has 0 saturated heterocycles. The highest BCUT2D eigenvalue weighted by atomic mass is 32.2. The van der Waals surface area contributed by atoms with Gasteiger partial charge in [-0.1, -0.05) is 29.8 Å². The fourth-order valence-corrected chi connectivity index (χ4v) is 4.25. The summed E-state index contributed by atoms with van der Waals surface area (Å²) in [4.78, 5) is 12.5. The Morgan fingerprint density at radius 1 is 0.906 bits per heavy atom. The number of rotatable bonds is 7. The van der Waals surface area contributed by atoms with E-state index in [0.29, 0.717) is 11.3 Å². The standard InChI is InChI=1S/C23H21F2N3O3S/c1-16-3-13-22(14-4-16)32(30,31)28(21-11-9-20(25)10-12-21)15-23(29)27-26-17(2)18-5-7-19(24)8-6-18/h3-14H,15H2,1-2H3,(H,27,29)/b26-17-. The highest BCUT2D eigenvalue weighted by molar-refractivity contribution is 7.92. The highest BCUT2D eigenvalue weighted by Gasteiger charge is 2.27. The minimum Gasteiger partial charge on any atom is -0.271 e. The van der Waals surface area contributed by atoms with E-state index in [1.165, 1.54) is 48.5 Å². The van der Waals surface area contributed by atoms with Crippen LogP contribution in [0.5, 0.6) is 0 Å². The summed E-state index contributed by atoms with van der Waals surface area (Å²) in [6.07, 6.45) is 0. The molecule has 0 atom stereocenters. The van der Waals surface area contributed by atoms with Gasteiger partial charge in [-0.3, -0.25) is 9.10 Å². The van der Waals surface area contributed by atoms with Crippen molar-refractivity contribution >= 4 is 27.3 Å². The molecule has 3 aromatic carbocycles. The molecule has 1 N–H and O–H groups in total. The minimum absolute atomic E-state index is 0.00813. The maximum atomic E-state index is 13.4. The number of nitrogens with one attached hydrogen (secondary N) is 1. The lowest BCUT2D eigenvalue weighted by Crippen LogP contribution is -2.39. The number of benzene rings is 3. The Morgan fingerprint density at radius 2 is 1.44 bits per heavy atom. The number of carbonyl (C=O) groups is 1. The zero-order chi connectivity index (χ0) is 23.3. The molecule has 6 nitrogen and oxygen atoms in total. The SMILES string of the molecule is C/C(=N/NC(=O)CN(c1ccc(F)cc1)S(=O)(=O)c1ccc(C)cc1)c1ccc(F)cc1. The Bertz CT molecular complexity index is 1220. The van der Waals surface area contributed by atoms with Crippen LogP contribution in [0.25, 0.3) is 0 Å². The van der Waals surface area contributed by atoms with Crippen LogP contribution in [0.3, 0.4) is 0 Å². The Labute approximate surface area is 185 Å². The van der Waals surface area contributed by atoms with Gasteiger partial charge in [0.15, 0.2) is 0 Å². The first-order chi connectivity index (χ1) is 15.2. The molecule has 3 rings (SSSR count). The van der Waals surface area contributed by atoms with Gasteiger partial charge in [0.05, 0.1) is 16.3 Å². The number of amides is 1. The van der Waals surface area contributed by atoms with Gasteiger partial charge < -0.3 is 0 Å². The van der Waals surface area contributed by atoms with Crippen LogP contribution in [-0.4, -0.2) is 26.6 Å². The minimum atomic E-state index is -4.11. The summed E-state index contributed by atoms with van der Waals surface area (Å²) in [6, 6.07) is 16.5. The number of hydrogen-bond acceptors (Lipinski definition) is 4. The van der Waals surface area contributed by atoms with Gasteiger partial charge >= 0.3 is 0 Å². The van der Waals surface area contributed by atoms with Crippen molar-refractivity contribution < 1.29 is 22.0 Å². The van der Waals surface area contributed by atoms with Crippen molar-refractivity contribution in [2.75, 3.05) is 10.8 Å². The zero-order valence-electron chi connectivity index (χ0n) is 17.4. The topological polar surface area (TPSA) is 78.8 Å². The molecular weight excluding hydrogens is 436 g/mol. The van der Waals surface area contributed by atoms with E-state index in [2.05, 4.69) is 10.5 Å². The smallest absolute Gasteiger partial charge is 0.264 e. The van der Waals surface area contributed by atoms with Crippen LogP contribution in [0.1, 0.15) is 18.1 Å². The van der Waals surface area contributed by atoms with Crippen molar-refractivity contribution in [1.82, 2.24) is 5.43 Å². The largest absolute Gasteiger partial charge is 0.271 e. The third kappa shape index (κ3) is 5.55. The number of hydrogen-bond donors (Lipinski definition) is 1. The third-order valence-corrected chi connectivity index (χ3v) is 6.41. The van der Waals surface area contributed by atoms with Crippen molar-refractivity contribution in [1.29, 1.82) is 0 Å². The second-order valence-electron chi connectivity index (χ2n) is 7.04. The predicted molar refractivity (Wildman–Crippen MR) is 119 cm³/mol. The molecule has 166 valence electrons. The Balaban J connectivity index is 1.86. The molecular formula is C23H21F2N3O3S. The molecule has 1 amide bonds. The second-order valence-corrected chi connectivity index (χ2v) is 8.90. The first-order valence-electron chi connectivity index (χ1n) is 9.61. The van der Waals surface area contributed by atoms with Gasteiger partial charge in [-0.15, -0.1) is 0 Å². The van der Waals surface area contributed by atoms with Gasteiger partial charge in [-0.2, -0.15) is 5.10 Å². The fourth-order valence-electron chi connectivity index (χ4n) is 2.83. The lowest BCUT2D eigenvalue weighted by molar-refractivity contribution is -0.119. The summed E-state index contributed by atoms with van der Waals surface area (Å²) in [5.74, 6) is -1.64. The van der Waals surface area contributed by atoms with E-state index in [-0.39, 0.29) is 10.6 Å². The van der Waals surface area contributed by atoms with Crippen LogP contribution in [0, 0.1) is 18.6 Å². The summed E-state index contributed by atoms with van der Waals surface area (Å²) in [6.45, 7) is 2.86. The normalized spacial score (nSPS) is 11.8. The maximum absolute atomic E-state index is 13.4. The molecule has 0 aromatic heterocycles. The van der Waals surface area contributed by atoms with Crippen LogP contribution in [0.4, 0.5) is 14.5 Å². The molecule has 9 heteroatoms. The number of anilines is 1. The number of aryl methyl sites for hydroxylation is 1. The van der Waals surface area contributed by atoms with Crippen molar-refractivity contribution in [3.63, 3.8) is 0 Å². The molecule has 0 aliphatic rings. The van der Waals surface area contributed by atoms with E-state index in [0.717, 1.165) is 22.0 Å². The van der Waals surface area contributed by atoms with Gasteiger partial charge in [0, 0.05) is 0 Å². The van der Waals surface area contributed by atoms with Crippen LogP contribution < -0.4 is 9.73 Å². The molecule has 0 spiro atoms. The first-order valence-corrected chi connectivity index (χ1v) is 11.0. The third-order valence-electron chi connectivity index (χ3n) is 4.62. The molecule has 0 aliphatic heterocycles.